The van der Waals surface area contributed by atoms with Crippen LogP contribution in [0.4, 0.5) is 0 Å². The van der Waals surface area contributed by atoms with Gasteiger partial charge in [-0.15, -0.1) is 0 Å². The first-order valence-corrected chi connectivity index (χ1v) is 3.97. The summed E-state index contributed by atoms with van der Waals surface area (Å²) in [7, 11) is 0. The largest absolute Gasteiger partial charge is 0.508 e. The quantitative estimate of drug-likeness (QED) is 0.611. The summed E-state index contributed by atoms with van der Waals surface area (Å²) in [5.74, 6) is 0.0296. The number of hydrogen-bond acceptors (Lipinski definition) is 3. The second kappa shape index (κ2) is 4.47. The van der Waals surface area contributed by atoms with Gasteiger partial charge in [0.2, 0.25) is 5.91 Å². The third-order valence-electron chi connectivity index (χ3n) is 1.61. The van der Waals surface area contributed by atoms with Crippen LogP contribution in [0.25, 0.3) is 0 Å². The Balaban J connectivity index is 2.46. The molecular formula is C9H12N2O2. The minimum absolute atomic E-state index is 0.00190. The lowest BCUT2D eigenvalue weighted by molar-refractivity contribution is -0.119. The molecule has 0 aliphatic carbocycles. The Kier molecular flexibility index (Phi) is 3.28. The molecule has 0 saturated heterocycles. The van der Waals surface area contributed by atoms with Gasteiger partial charge in [0.05, 0.1) is 6.54 Å². The van der Waals surface area contributed by atoms with E-state index in [0.29, 0.717) is 6.54 Å². The Bertz CT molecular complexity index is 282. The van der Waals surface area contributed by atoms with E-state index in [1.165, 1.54) is 0 Å². The van der Waals surface area contributed by atoms with Crippen LogP contribution in [0.1, 0.15) is 5.56 Å². The van der Waals surface area contributed by atoms with Gasteiger partial charge in [0.25, 0.3) is 0 Å². The van der Waals surface area contributed by atoms with Crippen LogP contribution in [0.15, 0.2) is 24.3 Å². The molecule has 4 N–H and O–H groups in total. The van der Waals surface area contributed by atoms with Crippen molar-refractivity contribution in [2.24, 2.45) is 5.73 Å². The molecule has 0 unspecified atom stereocenters. The van der Waals surface area contributed by atoms with E-state index in [1.54, 1.807) is 24.3 Å². The molecule has 0 bridgehead atoms. The van der Waals surface area contributed by atoms with E-state index >= 15 is 0 Å². The van der Waals surface area contributed by atoms with Crippen LogP contribution >= 0.6 is 0 Å². The zero-order valence-electron chi connectivity index (χ0n) is 7.16. The third-order valence-corrected chi connectivity index (χ3v) is 1.61. The Morgan fingerprint density at radius 3 is 2.54 bits per heavy atom. The van der Waals surface area contributed by atoms with Crippen molar-refractivity contribution in [3.05, 3.63) is 29.8 Å². The highest BCUT2D eigenvalue weighted by molar-refractivity contribution is 5.77. The molecule has 1 aromatic carbocycles. The lowest BCUT2D eigenvalue weighted by Gasteiger charge is -2.03. The molecule has 0 aliphatic heterocycles. The monoisotopic (exact) mass is 180 g/mol. The number of aromatic hydroxyl groups is 1. The summed E-state index contributed by atoms with van der Waals surface area (Å²) in [6, 6.07) is 6.63. The highest BCUT2D eigenvalue weighted by Crippen LogP contribution is 2.08. The van der Waals surface area contributed by atoms with E-state index in [4.69, 9.17) is 10.8 Å². The lowest BCUT2D eigenvalue weighted by Crippen LogP contribution is -2.29. The van der Waals surface area contributed by atoms with Crippen molar-refractivity contribution in [1.82, 2.24) is 5.32 Å². The van der Waals surface area contributed by atoms with Crippen LogP contribution in [-0.2, 0) is 11.3 Å². The normalized spacial score (nSPS) is 9.62. The summed E-state index contributed by atoms with van der Waals surface area (Å²) in [4.78, 5) is 10.8. The molecule has 1 amide bonds. The van der Waals surface area contributed by atoms with E-state index in [-0.39, 0.29) is 18.2 Å². The average Bonchev–Trinajstić information content (AvgIpc) is 2.16. The molecule has 0 atom stereocenters. The number of carbonyl (C=O) groups is 1. The number of nitrogens with one attached hydrogen (secondary N) is 1. The Morgan fingerprint density at radius 1 is 1.38 bits per heavy atom. The van der Waals surface area contributed by atoms with Crippen molar-refractivity contribution in [2.45, 2.75) is 6.54 Å². The molecule has 4 nitrogen and oxygen atoms in total. The fourth-order valence-corrected chi connectivity index (χ4v) is 0.887. The van der Waals surface area contributed by atoms with Gasteiger partial charge in [0, 0.05) is 6.54 Å². The number of phenolic OH excluding ortho intramolecular Hbond substituents is 1. The van der Waals surface area contributed by atoms with Gasteiger partial charge in [-0.3, -0.25) is 4.79 Å². The standard InChI is InChI=1S/C9H12N2O2/c10-5-9(13)11-6-7-1-3-8(12)4-2-7/h1-4,12H,5-6,10H2,(H,11,13). The predicted molar refractivity (Wildman–Crippen MR) is 49.0 cm³/mol. The number of amides is 1. The summed E-state index contributed by atoms with van der Waals surface area (Å²) < 4.78 is 0. The molecule has 0 saturated carbocycles. The van der Waals surface area contributed by atoms with Crippen LogP contribution in [0.5, 0.6) is 5.75 Å². The highest BCUT2D eigenvalue weighted by Gasteiger charge is 1.97. The summed E-state index contributed by atoms with van der Waals surface area (Å²) in [6.45, 7) is 0.439. The molecule has 1 rings (SSSR count). The molecular weight excluding hydrogens is 168 g/mol. The lowest BCUT2D eigenvalue weighted by atomic mass is 10.2. The fraction of sp³-hybridized carbons (Fsp3) is 0.222. The topological polar surface area (TPSA) is 75.4 Å². The van der Waals surface area contributed by atoms with Crippen molar-refractivity contribution in [3.8, 4) is 5.75 Å². The summed E-state index contributed by atoms with van der Waals surface area (Å²) in [5.41, 5.74) is 6.04. The van der Waals surface area contributed by atoms with Gasteiger partial charge in [-0.2, -0.15) is 0 Å². The summed E-state index contributed by atoms with van der Waals surface area (Å²) in [6.07, 6.45) is 0. The molecule has 0 aromatic heterocycles. The molecule has 1 aromatic rings. The number of rotatable bonds is 3. The van der Waals surface area contributed by atoms with E-state index in [1.807, 2.05) is 0 Å². The number of nitrogens with two attached hydrogens (primary N) is 1. The van der Waals surface area contributed by atoms with Crippen LogP contribution in [0, 0.1) is 0 Å². The minimum atomic E-state index is -0.187. The number of hydrogen-bond donors (Lipinski definition) is 3. The summed E-state index contributed by atoms with van der Waals surface area (Å²) >= 11 is 0. The molecule has 0 radical (unpaired) electrons. The number of benzene rings is 1. The molecule has 13 heavy (non-hydrogen) atoms. The van der Waals surface area contributed by atoms with Crippen LogP contribution in [0.2, 0.25) is 0 Å². The first-order chi connectivity index (χ1) is 6.22. The zero-order chi connectivity index (χ0) is 9.68. The van der Waals surface area contributed by atoms with E-state index in [2.05, 4.69) is 5.32 Å². The van der Waals surface area contributed by atoms with Crippen molar-refractivity contribution >= 4 is 5.91 Å². The van der Waals surface area contributed by atoms with Gasteiger partial charge in [-0.25, -0.2) is 0 Å². The van der Waals surface area contributed by atoms with Gasteiger partial charge in [0.15, 0.2) is 0 Å². The van der Waals surface area contributed by atoms with Crippen molar-refractivity contribution < 1.29 is 9.90 Å². The molecule has 0 heterocycles. The Morgan fingerprint density at radius 2 is 2.00 bits per heavy atom. The van der Waals surface area contributed by atoms with Gasteiger partial charge in [0.1, 0.15) is 5.75 Å². The van der Waals surface area contributed by atoms with Crippen molar-refractivity contribution in [2.75, 3.05) is 6.54 Å². The number of phenols is 1. The third kappa shape index (κ3) is 3.13. The first-order valence-electron chi connectivity index (χ1n) is 3.97. The van der Waals surface area contributed by atoms with Crippen LogP contribution < -0.4 is 11.1 Å². The van der Waals surface area contributed by atoms with Crippen LogP contribution in [-0.4, -0.2) is 17.6 Å². The first kappa shape index (κ1) is 9.54. The van der Waals surface area contributed by atoms with E-state index < -0.39 is 0 Å². The number of carbonyl (C=O) groups excluding carboxylic acids is 1. The maximum Gasteiger partial charge on any atom is 0.234 e. The van der Waals surface area contributed by atoms with Gasteiger partial charge in [-0.1, -0.05) is 12.1 Å². The molecule has 4 heteroatoms. The van der Waals surface area contributed by atoms with E-state index in [9.17, 15) is 4.79 Å². The maximum atomic E-state index is 10.8. The van der Waals surface area contributed by atoms with Crippen LogP contribution in [0.3, 0.4) is 0 Å². The predicted octanol–water partition coefficient (Wildman–Crippen LogP) is -0.0329. The van der Waals surface area contributed by atoms with Crippen molar-refractivity contribution in [3.63, 3.8) is 0 Å². The average molecular weight is 180 g/mol. The molecule has 70 valence electrons. The molecule has 0 fully saturated rings. The Labute approximate surface area is 76.4 Å². The molecule has 0 spiro atoms. The summed E-state index contributed by atoms with van der Waals surface area (Å²) in [5, 5.41) is 11.6. The fourth-order valence-electron chi connectivity index (χ4n) is 0.887. The molecule has 0 aliphatic rings. The highest BCUT2D eigenvalue weighted by atomic mass is 16.3. The smallest absolute Gasteiger partial charge is 0.234 e. The second-order valence-electron chi connectivity index (χ2n) is 2.65. The second-order valence-corrected chi connectivity index (χ2v) is 2.65. The van der Waals surface area contributed by atoms with Gasteiger partial charge in [-0.05, 0) is 17.7 Å². The Hall–Kier alpha value is -1.55. The minimum Gasteiger partial charge on any atom is -0.508 e. The van der Waals surface area contributed by atoms with Gasteiger partial charge < -0.3 is 16.2 Å². The van der Waals surface area contributed by atoms with E-state index in [0.717, 1.165) is 5.56 Å². The zero-order valence-corrected chi connectivity index (χ0v) is 7.16. The van der Waals surface area contributed by atoms with Gasteiger partial charge >= 0.3 is 0 Å². The maximum absolute atomic E-state index is 10.8. The SMILES string of the molecule is NCC(=O)NCc1ccc(O)cc1. The van der Waals surface area contributed by atoms with Crippen molar-refractivity contribution in [1.29, 1.82) is 0 Å².